The molecule has 0 radical (unpaired) electrons. The Bertz CT molecular complexity index is 1270. The summed E-state index contributed by atoms with van der Waals surface area (Å²) in [6.45, 7) is 5.03. The SMILES string of the molecule is C[C@@H]1[C@H](CN(C)[C@@H](C)c2ccccc2)O[C@H](c2ccc(NC(=O)CCCC(=O)O)cc2)O[C@@H]1c1ccc(CO)cc1. The Hall–Kier alpha value is -3.56. The van der Waals surface area contributed by atoms with Crippen molar-refractivity contribution in [3.8, 4) is 0 Å². The van der Waals surface area contributed by atoms with Crippen molar-refractivity contribution in [2.24, 2.45) is 5.92 Å². The predicted octanol–water partition coefficient (Wildman–Crippen LogP) is 5.86. The predicted molar refractivity (Wildman–Crippen MR) is 157 cm³/mol. The first-order chi connectivity index (χ1) is 19.7. The Balaban J connectivity index is 1.50. The highest BCUT2D eigenvalue weighted by molar-refractivity contribution is 5.90. The number of aliphatic carboxylic acids is 1. The van der Waals surface area contributed by atoms with Crippen LogP contribution in [-0.4, -0.2) is 46.7 Å². The molecule has 0 unspecified atom stereocenters. The fourth-order valence-corrected chi connectivity index (χ4v) is 5.10. The van der Waals surface area contributed by atoms with Gasteiger partial charge in [-0.15, -0.1) is 0 Å². The third-order valence-electron chi connectivity index (χ3n) is 7.80. The van der Waals surface area contributed by atoms with Crippen molar-refractivity contribution in [3.05, 3.63) is 101 Å². The lowest BCUT2D eigenvalue weighted by atomic mass is 9.89. The number of aliphatic hydroxyl groups is 1. The van der Waals surface area contributed by atoms with E-state index >= 15 is 0 Å². The molecule has 0 saturated carbocycles. The Kier molecular flexibility index (Phi) is 10.7. The molecule has 1 heterocycles. The zero-order valence-corrected chi connectivity index (χ0v) is 23.9. The Morgan fingerprint density at radius 1 is 0.927 bits per heavy atom. The standard InChI is InChI=1S/C33H40N2O6/c1-22-29(20-35(3)23(2)25-8-5-4-6-9-25)40-33(41-32(22)26-14-12-24(21-36)13-15-26)27-16-18-28(19-17-27)34-30(37)10-7-11-31(38)39/h4-6,8-9,12-19,22-23,29,32-33,36H,7,10-11,20-21H2,1-3H3,(H,34,37)(H,38,39)/t22-,23+,29+,32+,33+/m1/s1. The van der Waals surface area contributed by atoms with Crippen LogP contribution in [0.2, 0.25) is 0 Å². The van der Waals surface area contributed by atoms with E-state index in [1.807, 2.05) is 42.5 Å². The van der Waals surface area contributed by atoms with Gasteiger partial charge in [0.25, 0.3) is 0 Å². The van der Waals surface area contributed by atoms with Crippen LogP contribution in [0.1, 0.15) is 73.8 Å². The van der Waals surface area contributed by atoms with Gasteiger partial charge in [0, 0.05) is 42.6 Å². The average Bonchev–Trinajstić information content (AvgIpc) is 2.98. The van der Waals surface area contributed by atoms with E-state index in [0.717, 1.165) is 16.7 Å². The molecule has 1 aliphatic rings. The van der Waals surface area contributed by atoms with E-state index in [9.17, 15) is 14.7 Å². The Morgan fingerprint density at radius 2 is 1.59 bits per heavy atom. The van der Waals surface area contributed by atoms with Gasteiger partial charge in [-0.3, -0.25) is 14.5 Å². The molecule has 8 nitrogen and oxygen atoms in total. The molecule has 41 heavy (non-hydrogen) atoms. The Morgan fingerprint density at radius 3 is 2.22 bits per heavy atom. The van der Waals surface area contributed by atoms with Crippen molar-refractivity contribution in [2.75, 3.05) is 18.9 Å². The van der Waals surface area contributed by atoms with Crippen LogP contribution in [0.25, 0.3) is 0 Å². The van der Waals surface area contributed by atoms with Crippen LogP contribution in [0.15, 0.2) is 78.9 Å². The molecule has 0 bridgehead atoms. The van der Waals surface area contributed by atoms with Gasteiger partial charge in [-0.05, 0) is 49.2 Å². The van der Waals surface area contributed by atoms with Crippen molar-refractivity contribution in [3.63, 3.8) is 0 Å². The average molecular weight is 561 g/mol. The molecule has 218 valence electrons. The minimum Gasteiger partial charge on any atom is -0.481 e. The van der Waals surface area contributed by atoms with Gasteiger partial charge in [0.1, 0.15) is 0 Å². The van der Waals surface area contributed by atoms with E-state index in [2.05, 4.69) is 55.4 Å². The second-order valence-electron chi connectivity index (χ2n) is 10.8. The molecule has 8 heteroatoms. The molecule has 0 spiro atoms. The molecule has 3 aromatic carbocycles. The van der Waals surface area contributed by atoms with Crippen molar-refractivity contribution in [2.45, 2.75) is 64.3 Å². The number of carboxylic acid groups (broad SMARTS) is 1. The van der Waals surface area contributed by atoms with E-state index in [0.29, 0.717) is 18.7 Å². The van der Waals surface area contributed by atoms with E-state index in [1.165, 1.54) is 5.56 Å². The second-order valence-corrected chi connectivity index (χ2v) is 10.8. The van der Waals surface area contributed by atoms with Crippen LogP contribution in [0.4, 0.5) is 5.69 Å². The highest BCUT2D eigenvalue weighted by atomic mass is 16.7. The first kappa shape index (κ1) is 30.4. The summed E-state index contributed by atoms with van der Waals surface area (Å²) in [4.78, 5) is 25.2. The summed E-state index contributed by atoms with van der Waals surface area (Å²) < 4.78 is 13.1. The lowest BCUT2D eigenvalue weighted by Gasteiger charge is -2.43. The third-order valence-corrected chi connectivity index (χ3v) is 7.80. The van der Waals surface area contributed by atoms with Gasteiger partial charge < -0.3 is 25.0 Å². The summed E-state index contributed by atoms with van der Waals surface area (Å²) in [5, 5.41) is 21.1. The molecule has 3 N–H and O–H groups in total. The van der Waals surface area contributed by atoms with Gasteiger partial charge in [-0.25, -0.2) is 0 Å². The molecular formula is C33H40N2O6. The highest BCUT2D eigenvalue weighted by Crippen LogP contribution is 2.42. The second kappa shape index (κ2) is 14.4. The molecule has 1 fully saturated rings. The number of nitrogens with one attached hydrogen (secondary N) is 1. The number of carbonyl (C=O) groups excluding carboxylic acids is 1. The van der Waals surface area contributed by atoms with E-state index in [1.54, 1.807) is 12.1 Å². The maximum atomic E-state index is 12.2. The maximum Gasteiger partial charge on any atom is 0.303 e. The number of carboxylic acids is 1. The van der Waals surface area contributed by atoms with Crippen LogP contribution in [0, 0.1) is 5.92 Å². The smallest absolute Gasteiger partial charge is 0.303 e. The minimum absolute atomic E-state index is 0.0136. The van der Waals surface area contributed by atoms with Gasteiger partial charge in [0.15, 0.2) is 6.29 Å². The molecule has 4 rings (SSSR count). The number of aliphatic hydroxyl groups excluding tert-OH is 1. The van der Waals surface area contributed by atoms with E-state index < -0.39 is 12.3 Å². The quantitative estimate of drug-likeness (QED) is 0.255. The molecule has 3 aromatic rings. The monoisotopic (exact) mass is 560 g/mol. The molecule has 0 aromatic heterocycles. The van der Waals surface area contributed by atoms with Crippen molar-refractivity contribution >= 4 is 17.6 Å². The van der Waals surface area contributed by atoms with Crippen LogP contribution >= 0.6 is 0 Å². The number of hydrogen-bond donors (Lipinski definition) is 3. The number of anilines is 1. The number of carbonyl (C=O) groups is 2. The van der Waals surface area contributed by atoms with Crippen LogP contribution in [0.3, 0.4) is 0 Å². The number of likely N-dealkylation sites (N-methyl/N-ethyl adjacent to an activating group) is 1. The number of amides is 1. The summed E-state index contributed by atoms with van der Waals surface area (Å²) in [5.41, 5.74) is 4.57. The van der Waals surface area contributed by atoms with Crippen molar-refractivity contribution in [1.82, 2.24) is 4.90 Å². The van der Waals surface area contributed by atoms with Gasteiger partial charge in [0.2, 0.25) is 5.91 Å². The lowest BCUT2D eigenvalue weighted by Crippen LogP contribution is -2.44. The van der Waals surface area contributed by atoms with Crippen LogP contribution in [-0.2, 0) is 25.7 Å². The first-order valence-electron chi connectivity index (χ1n) is 14.1. The zero-order valence-electron chi connectivity index (χ0n) is 23.9. The fourth-order valence-electron chi connectivity index (χ4n) is 5.10. The summed E-state index contributed by atoms with van der Waals surface area (Å²) >= 11 is 0. The van der Waals surface area contributed by atoms with Gasteiger partial charge in [-0.1, -0.05) is 73.7 Å². The molecule has 5 atom stereocenters. The van der Waals surface area contributed by atoms with E-state index in [-0.39, 0.29) is 49.5 Å². The highest BCUT2D eigenvalue weighted by Gasteiger charge is 2.39. The lowest BCUT2D eigenvalue weighted by molar-refractivity contribution is -0.276. The van der Waals surface area contributed by atoms with Crippen molar-refractivity contribution < 1.29 is 29.3 Å². The van der Waals surface area contributed by atoms with Gasteiger partial charge in [-0.2, -0.15) is 0 Å². The molecule has 0 aliphatic carbocycles. The number of hydrogen-bond acceptors (Lipinski definition) is 6. The number of benzene rings is 3. The van der Waals surface area contributed by atoms with Crippen LogP contribution < -0.4 is 5.32 Å². The maximum absolute atomic E-state index is 12.2. The van der Waals surface area contributed by atoms with E-state index in [4.69, 9.17) is 14.6 Å². The van der Waals surface area contributed by atoms with Gasteiger partial charge in [0.05, 0.1) is 18.8 Å². The number of nitrogens with zero attached hydrogens (tertiary/aromatic N) is 1. The molecule has 1 saturated heterocycles. The van der Waals surface area contributed by atoms with Crippen LogP contribution in [0.5, 0.6) is 0 Å². The topological polar surface area (TPSA) is 108 Å². The summed E-state index contributed by atoms with van der Waals surface area (Å²) in [6, 6.07) is 25.8. The minimum atomic E-state index is -0.911. The summed E-state index contributed by atoms with van der Waals surface area (Å²) in [6.07, 6.45) is -0.554. The molecular weight excluding hydrogens is 520 g/mol. The van der Waals surface area contributed by atoms with Gasteiger partial charge >= 0.3 is 5.97 Å². The number of ether oxygens (including phenoxy) is 2. The third kappa shape index (κ3) is 8.24. The first-order valence-corrected chi connectivity index (χ1v) is 14.1. The fraction of sp³-hybridized carbons (Fsp3) is 0.394. The van der Waals surface area contributed by atoms with Crippen molar-refractivity contribution in [1.29, 1.82) is 0 Å². The number of rotatable bonds is 12. The molecule has 1 amide bonds. The normalized spacial score (nSPS) is 21.4. The Labute approximate surface area is 241 Å². The molecule has 1 aliphatic heterocycles. The summed E-state index contributed by atoms with van der Waals surface area (Å²) in [5.74, 6) is -1.08. The summed E-state index contributed by atoms with van der Waals surface area (Å²) in [7, 11) is 2.11. The zero-order chi connectivity index (χ0) is 29.4. The largest absolute Gasteiger partial charge is 0.481 e.